The highest BCUT2D eigenvalue weighted by molar-refractivity contribution is 5.79. The molecule has 0 radical (unpaired) electrons. The van der Waals surface area contributed by atoms with Gasteiger partial charge in [0.25, 0.3) is 5.56 Å². The molecule has 0 spiro atoms. The number of ether oxygens (including phenoxy) is 1. The summed E-state index contributed by atoms with van der Waals surface area (Å²) >= 11 is 0. The van der Waals surface area contributed by atoms with Gasteiger partial charge in [0.15, 0.2) is 5.58 Å². The van der Waals surface area contributed by atoms with Gasteiger partial charge in [-0.3, -0.25) is 9.36 Å². The van der Waals surface area contributed by atoms with Crippen LogP contribution in [0.1, 0.15) is 79.6 Å². The first kappa shape index (κ1) is 26.3. The van der Waals surface area contributed by atoms with E-state index in [-0.39, 0.29) is 29.8 Å². The molecule has 1 atom stereocenters. The van der Waals surface area contributed by atoms with Crippen LogP contribution >= 0.6 is 0 Å². The molecule has 3 aromatic rings. The van der Waals surface area contributed by atoms with Crippen LogP contribution in [-0.4, -0.2) is 57.1 Å². The van der Waals surface area contributed by atoms with Crippen molar-refractivity contribution in [2.75, 3.05) is 26.2 Å². The van der Waals surface area contributed by atoms with E-state index in [0.29, 0.717) is 25.0 Å². The van der Waals surface area contributed by atoms with Crippen molar-refractivity contribution in [3.63, 3.8) is 0 Å². The topological polar surface area (TPSA) is 111 Å². The third-order valence-electron chi connectivity index (χ3n) is 8.09. The number of carboxylic acid groups (broad SMARTS) is 1. The second-order valence-electron chi connectivity index (χ2n) is 10.5. The second-order valence-corrected chi connectivity index (χ2v) is 10.5. The number of unbranched alkanes of at least 4 members (excludes halogenated alkanes) is 1. The van der Waals surface area contributed by atoms with Gasteiger partial charge in [0, 0.05) is 47.6 Å². The number of benzene rings is 1. The normalized spacial score (nSPS) is 18.5. The Morgan fingerprint density at radius 3 is 2.82 bits per heavy atom. The van der Waals surface area contributed by atoms with E-state index < -0.39 is 6.16 Å². The van der Waals surface area contributed by atoms with Gasteiger partial charge in [0.2, 0.25) is 0 Å². The van der Waals surface area contributed by atoms with E-state index in [1.165, 1.54) is 12.1 Å². The number of halogens is 1. The van der Waals surface area contributed by atoms with Crippen LogP contribution in [0.4, 0.5) is 9.18 Å². The van der Waals surface area contributed by atoms with Crippen molar-refractivity contribution in [2.24, 2.45) is 0 Å². The minimum Gasteiger partial charge on any atom is -0.450 e. The van der Waals surface area contributed by atoms with Crippen LogP contribution in [0.3, 0.4) is 0 Å². The van der Waals surface area contributed by atoms with Gasteiger partial charge in [-0.15, -0.1) is 0 Å². The Labute approximate surface area is 220 Å². The summed E-state index contributed by atoms with van der Waals surface area (Å²) in [4.78, 5) is 31.2. The summed E-state index contributed by atoms with van der Waals surface area (Å²) in [6, 6.07) is 4.58. The zero-order chi connectivity index (χ0) is 26.6. The number of rotatable bonds is 9. The lowest BCUT2D eigenvalue weighted by atomic mass is 9.91. The number of carbonyl (C=O) groups is 1. The first-order valence-corrected chi connectivity index (χ1v) is 13.6. The van der Waals surface area contributed by atoms with Crippen LogP contribution < -0.4 is 5.56 Å². The fourth-order valence-electron chi connectivity index (χ4n) is 6.01. The number of likely N-dealkylation sites (tertiary alicyclic amines) is 1. The minimum absolute atomic E-state index is 0.0857. The van der Waals surface area contributed by atoms with Crippen LogP contribution in [0.15, 0.2) is 27.5 Å². The summed E-state index contributed by atoms with van der Waals surface area (Å²) in [6.07, 6.45) is 5.65. The molecule has 0 saturated carbocycles. The molecular weight excluding hydrogens is 491 g/mol. The van der Waals surface area contributed by atoms with Crippen molar-refractivity contribution >= 4 is 17.1 Å². The maximum Gasteiger partial charge on any atom is 0.505 e. The lowest BCUT2D eigenvalue weighted by Gasteiger charge is -2.31. The summed E-state index contributed by atoms with van der Waals surface area (Å²) in [5.41, 5.74) is 3.11. The standard InChI is InChI=1S/C28H35FN4O5/c1-18-22(27(34)33-12-4-6-20(26(33)30-18)5-2-3-16-37-28(35)36)11-15-32-13-9-19(10-14-32)25-23-8-7-21(29)17-24(23)38-31-25/h7-8,17,19-20H,2-6,9-16H2,1H3,(H,35,36). The van der Waals surface area contributed by atoms with Crippen molar-refractivity contribution in [3.8, 4) is 0 Å². The van der Waals surface area contributed by atoms with Crippen molar-refractivity contribution in [2.45, 2.75) is 76.7 Å². The number of fused-ring (bicyclic) bond motifs is 2. The maximum atomic E-state index is 13.5. The Kier molecular flexibility index (Phi) is 8.06. The van der Waals surface area contributed by atoms with Gasteiger partial charge in [-0.25, -0.2) is 14.2 Å². The third-order valence-corrected chi connectivity index (χ3v) is 8.09. The highest BCUT2D eigenvalue weighted by atomic mass is 19.1. The van der Waals surface area contributed by atoms with Crippen LogP contribution in [-0.2, 0) is 17.7 Å². The molecule has 2 aromatic heterocycles. The Morgan fingerprint density at radius 1 is 1.21 bits per heavy atom. The van der Waals surface area contributed by atoms with Gasteiger partial charge in [-0.05, 0) is 83.5 Å². The third kappa shape index (κ3) is 5.75. The molecule has 0 amide bonds. The number of aromatic nitrogens is 3. The molecule has 2 aliphatic rings. The molecule has 204 valence electrons. The number of hydrogen-bond acceptors (Lipinski definition) is 7. The molecule has 0 bridgehead atoms. The van der Waals surface area contributed by atoms with Crippen molar-refractivity contribution in [1.82, 2.24) is 19.6 Å². The molecule has 1 saturated heterocycles. The van der Waals surface area contributed by atoms with Gasteiger partial charge < -0.3 is 19.3 Å². The lowest BCUT2D eigenvalue weighted by molar-refractivity contribution is 0.0897. The highest BCUT2D eigenvalue weighted by Gasteiger charge is 2.27. The molecule has 4 heterocycles. The van der Waals surface area contributed by atoms with E-state index in [1.807, 2.05) is 11.5 Å². The lowest BCUT2D eigenvalue weighted by Crippen LogP contribution is -2.37. The molecule has 2 aliphatic heterocycles. The van der Waals surface area contributed by atoms with Gasteiger partial charge in [-0.2, -0.15) is 0 Å². The molecule has 1 fully saturated rings. The number of nitrogens with zero attached hydrogens (tertiary/aromatic N) is 4. The maximum absolute atomic E-state index is 13.5. The molecule has 38 heavy (non-hydrogen) atoms. The van der Waals surface area contributed by atoms with E-state index >= 15 is 0 Å². The van der Waals surface area contributed by atoms with Crippen molar-refractivity contribution in [3.05, 3.63) is 57.1 Å². The fourth-order valence-corrected chi connectivity index (χ4v) is 6.01. The summed E-state index contributed by atoms with van der Waals surface area (Å²) < 4.78 is 25.3. The summed E-state index contributed by atoms with van der Waals surface area (Å²) in [5.74, 6) is 1.05. The van der Waals surface area contributed by atoms with Crippen LogP contribution in [0, 0.1) is 12.7 Å². The molecule has 5 rings (SSSR count). The number of hydrogen-bond donors (Lipinski definition) is 1. The van der Waals surface area contributed by atoms with E-state index in [9.17, 15) is 14.0 Å². The van der Waals surface area contributed by atoms with E-state index in [0.717, 1.165) is 86.3 Å². The monoisotopic (exact) mass is 526 g/mol. The van der Waals surface area contributed by atoms with Crippen LogP contribution in [0.2, 0.25) is 0 Å². The predicted octanol–water partition coefficient (Wildman–Crippen LogP) is 5.00. The smallest absolute Gasteiger partial charge is 0.450 e. The molecule has 1 N–H and O–H groups in total. The van der Waals surface area contributed by atoms with E-state index in [4.69, 9.17) is 14.6 Å². The average molecular weight is 527 g/mol. The molecule has 9 nitrogen and oxygen atoms in total. The second kappa shape index (κ2) is 11.6. The Balaban J connectivity index is 1.17. The van der Waals surface area contributed by atoms with Gasteiger partial charge in [-0.1, -0.05) is 5.16 Å². The summed E-state index contributed by atoms with van der Waals surface area (Å²) in [7, 11) is 0. The predicted molar refractivity (Wildman–Crippen MR) is 139 cm³/mol. The van der Waals surface area contributed by atoms with Gasteiger partial charge in [0.1, 0.15) is 11.6 Å². The largest absolute Gasteiger partial charge is 0.505 e. The minimum atomic E-state index is -1.24. The zero-order valence-electron chi connectivity index (χ0n) is 21.8. The van der Waals surface area contributed by atoms with Crippen LogP contribution in [0.5, 0.6) is 0 Å². The van der Waals surface area contributed by atoms with E-state index in [2.05, 4.69) is 14.8 Å². The molecule has 10 heteroatoms. The van der Waals surface area contributed by atoms with Crippen LogP contribution in [0.25, 0.3) is 11.0 Å². The summed E-state index contributed by atoms with van der Waals surface area (Å²) in [6.45, 7) is 5.47. The fraction of sp³-hybridized carbons (Fsp3) is 0.571. The molecular formula is C28H35FN4O5. The molecule has 1 unspecified atom stereocenters. The molecule has 1 aromatic carbocycles. The van der Waals surface area contributed by atoms with Gasteiger partial charge >= 0.3 is 6.16 Å². The van der Waals surface area contributed by atoms with Crippen molar-refractivity contribution in [1.29, 1.82) is 0 Å². The SMILES string of the molecule is Cc1nc2n(c(=O)c1CCN1CCC(c3noc4cc(F)ccc34)CC1)CCCC2CCCCOC(=O)O. The number of piperidine rings is 1. The Morgan fingerprint density at radius 2 is 2.03 bits per heavy atom. The Hall–Kier alpha value is -3.27. The quantitative estimate of drug-likeness (QED) is 0.306. The first-order chi connectivity index (χ1) is 18.4. The summed E-state index contributed by atoms with van der Waals surface area (Å²) in [5, 5.41) is 13.7. The zero-order valence-corrected chi connectivity index (χ0v) is 21.8. The highest BCUT2D eigenvalue weighted by Crippen LogP contribution is 2.33. The van der Waals surface area contributed by atoms with Crippen molar-refractivity contribution < 1.29 is 23.6 Å². The molecule has 0 aliphatic carbocycles. The number of aryl methyl sites for hydroxylation is 1. The van der Waals surface area contributed by atoms with E-state index in [1.54, 1.807) is 6.07 Å². The van der Waals surface area contributed by atoms with Gasteiger partial charge in [0.05, 0.1) is 12.3 Å². The average Bonchev–Trinajstić information content (AvgIpc) is 3.32. The first-order valence-electron chi connectivity index (χ1n) is 13.6. The Bertz CT molecular complexity index is 1340.